The molecule has 1 amide bonds. The first-order valence-electron chi connectivity index (χ1n) is 8.84. The first-order chi connectivity index (χ1) is 12.4. The van der Waals surface area contributed by atoms with E-state index in [-0.39, 0.29) is 11.4 Å². The van der Waals surface area contributed by atoms with E-state index >= 15 is 0 Å². The summed E-state index contributed by atoms with van der Waals surface area (Å²) in [6.07, 6.45) is 2.23. The molecule has 1 saturated carbocycles. The summed E-state index contributed by atoms with van der Waals surface area (Å²) in [6.45, 7) is 4.38. The van der Waals surface area contributed by atoms with Crippen molar-refractivity contribution in [3.8, 4) is 10.6 Å². The summed E-state index contributed by atoms with van der Waals surface area (Å²) in [5, 5.41) is 10.5. The summed E-state index contributed by atoms with van der Waals surface area (Å²) in [4.78, 5) is 19.0. The molecule has 0 saturated heterocycles. The van der Waals surface area contributed by atoms with Gasteiger partial charge in [0.05, 0.1) is 32.8 Å². The number of thiophene rings is 1. The van der Waals surface area contributed by atoms with E-state index in [0.717, 1.165) is 40.1 Å². The molecule has 0 aliphatic heterocycles. The van der Waals surface area contributed by atoms with Crippen molar-refractivity contribution in [2.75, 3.05) is 6.54 Å². The molecule has 0 spiro atoms. The van der Waals surface area contributed by atoms with Crippen LogP contribution in [-0.4, -0.2) is 32.8 Å². The number of nitrogens with one attached hydrogen (secondary N) is 1. The minimum atomic E-state index is -0.369. The summed E-state index contributed by atoms with van der Waals surface area (Å²) in [5.41, 5.74) is 8.55. The Balaban J connectivity index is 1.83. The van der Waals surface area contributed by atoms with Crippen LogP contribution in [0.4, 0.5) is 0 Å². The molecule has 3 aromatic rings. The quantitative estimate of drug-likeness (QED) is 0.724. The van der Waals surface area contributed by atoms with Gasteiger partial charge in [-0.15, -0.1) is 11.3 Å². The standard InChI is InChI=1S/C19H23N5OS/c1-11-16-13(18(25)22-19(2,10-20)12-6-7-12)9-14(15-5-4-8-26-15)21-17(16)24(3)23-11/h4-5,8-9,12H,6-7,10,20H2,1-3H3,(H,22,25). The number of hydrogen-bond acceptors (Lipinski definition) is 5. The van der Waals surface area contributed by atoms with Crippen LogP contribution in [-0.2, 0) is 7.05 Å². The maximum Gasteiger partial charge on any atom is 0.252 e. The number of carbonyl (C=O) groups excluding carboxylic acids is 1. The molecule has 0 aromatic carbocycles. The van der Waals surface area contributed by atoms with Gasteiger partial charge in [-0.05, 0) is 50.1 Å². The monoisotopic (exact) mass is 369 g/mol. The minimum absolute atomic E-state index is 0.105. The average Bonchev–Trinajstić information content (AvgIpc) is 3.27. The molecule has 1 aliphatic rings. The SMILES string of the molecule is Cc1nn(C)c2nc(-c3cccs3)cc(C(=O)NC(C)(CN)C3CC3)c12. The molecule has 136 valence electrons. The fraction of sp³-hybridized carbons (Fsp3) is 0.421. The van der Waals surface area contributed by atoms with Gasteiger partial charge in [-0.2, -0.15) is 5.10 Å². The van der Waals surface area contributed by atoms with E-state index < -0.39 is 0 Å². The molecule has 6 nitrogen and oxygen atoms in total. The van der Waals surface area contributed by atoms with E-state index in [9.17, 15) is 4.79 Å². The normalized spacial score (nSPS) is 16.6. The fourth-order valence-electron chi connectivity index (χ4n) is 3.54. The molecule has 26 heavy (non-hydrogen) atoms. The second-order valence-electron chi connectivity index (χ2n) is 7.29. The average molecular weight is 369 g/mol. The van der Waals surface area contributed by atoms with Crippen molar-refractivity contribution in [2.45, 2.75) is 32.2 Å². The van der Waals surface area contributed by atoms with Crippen LogP contribution in [0.3, 0.4) is 0 Å². The van der Waals surface area contributed by atoms with E-state index in [0.29, 0.717) is 18.0 Å². The predicted molar refractivity (Wildman–Crippen MR) is 104 cm³/mol. The molecule has 7 heteroatoms. The molecule has 3 aromatic heterocycles. The molecular weight excluding hydrogens is 346 g/mol. The van der Waals surface area contributed by atoms with Crippen LogP contribution >= 0.6 is 11.3 Å². The Morgan fingerprint density at radius 1 is 1.50 bits per heavy atom. The van der Waals surface area contributed by atoms with Gasteiger partial charge in [0.15, 0.2) is 5.65 Å². The Hall–Kier alpha value is -2.25. The van der Waals surface area contributed by atoms with Gasteiger partial charge in [0.1, 0.15) is 0 Å². The smallest absolute Gasteiger partial charge is 0.252 e. The van der Waals surface area contributed by atoms with Crippen molar-refractivity contribution in [3.05, 3.63) is 34.8 Å². The number of hydrogen-bond donors (Lipinski definition) is 2. The van der Waals surface area contributed by atoms with E-state index in [1.54, 1.807) is 16.0 Å². The Morgan fingerprint density at radius 3 is 2.88 bits per heavy atom. The van der Waals surface area contributed by atoms with Gasteiger partial charge < -0.3 is 11.1 Å². The van der Waals surface area contributed by atoms with Crippen LogP contribution in [0.25, 0.3) is 21.6 Å². The van der Waals surface area contributed by atoms with Crippen LogP contribution in [0.5, 0.6) is 0 Å². The Morgan fingerprint density at radius 2 is 2.27 bits per heavy atom. The topological polar surface area (TPSA) is 85.8 Å². The zero-order valence-corrected chi connectivity index (χ0v) is 16.1. The lowest BCUT2D eigenvalue weighted by atomic mass is 9.95. The van der Waals surface area contributed by atoms with Crippen LogP contribution in [0.2, 0.25) is 0 Å². The van der Waals surface area contributed by atoms with E-state index in [1.165, 1.54) is 0 Å². The summed E-state index contributed by atoms with van der Waals surface area (Å²) < 4.78 is 1.74. The fourth-order valence-corrected chi connectivity index (χ4v) is 4.23. The number of aryl methyl sites for hydroxylation is 2. The molecule has 4 rings (SSSR count). The van der Waals surface area contributed by atoms with Crippen molar-refractivity contribution < 1.29 is 4.79 Å². The molecular formula is C19H23N5OS. The van der Waals surface area contributed by atoms with Crippen molar-refractivity contribution in [1.82, 2.24) is 20.1 Å². The van der Waals surface area contributed by atoms with Gasteiger partial charge in [-0.25, -0.2) is 4.98 Å². The maximum absolute atomic E-state index is 13.2. The third kappa shape index (κ3) is 2.81. The van der Waals surface area contributed by atoms with E-state index in [2.05, 4.69) is 10.4 Å². The second kappa shape index (κ2) is 6.17. The van der Waals surface area contributed by atoms with Gasteiger partial charge in [0.2, 0.25) is 0 Å². The van der Waals surface area contributed by atoms with E-state index in [1.807, 2.05) is 44.5 Å². The van der Waals surface area contributed by atoms with Crippen molar-refractivity contribution in [2.24, 2.45) is 18.7 Å². The molecule has 1 aliphatic carbocycles. The number of aromatic nitrogens is 3. The number of carbonyl (C=O) groups is 1. The Bertz CT molecular complexity index is 974. The van der Waals surface area contributed by atoms with Gasteiger partial charge in [-0.1, -0.05) is 6.07 Å². The summed E-state index contributed by atoms with van der Waals surface area (Å²) in [6, 6.07) is 5.87. The number of nitrogens with zero attached hydrogens (tertiary/aromatic N) is 3. The number of pyridine rings is 1. The Labute approximate surface area is 156 Å². The summed E-state index contributed by atoms with van der Waals surface area (Å²) >= 11 is 1.61. The highest BCUT2D eigenvalue weighted by molar-refractivity contribution is 7.13. The van der Waals surface area contributed by atoms with Gasteiger partial charge in [0.25, 0.3) is 5.91 Å². The molecule has 0 bridgehead atoms. The van der Waals surface area contributed by atoms with Crippen LogP contribution < -0.4 is 11.1 Å². The highest BCUT2D eigenvalue weighted by Crippen LogP contribution is 2.39. The van der Waals surface area contributed by atoms with Crippen LogP contribution in [0.15, 0.2) is 23.6 Å². The highest BCUT2D eigenvalue weighted by Gasteiger charge is 2.42. The minimum Gasteiger partial charge on any atom is -0.345 e. The number of fused-ring (bicyclic) bond motifs is 1. The molecule has 0 radical (unpaired) electrons. The summed E-state index contributed by atoms with van der Waals surface area (Å²) in [7, 11) is 1.86. The number of nitrogens with two attached hydrogens (primary N) is 1. The summed E-state index contributed by atoms with van der Waals surface area (Å²) in [5.74, 6) is 0.353. The van der Waals surface area contributed by atoms with Crippen LogP contribution in [0.1, 0.15) is 35.8 Å². The first kappa shape index (κ1) is 17.2. The lowest BCUT2D eigenvalue weighted by Crippen LogP contribution is -2.53. The molecule has 1 fully saturated rings. The van der Waals surface area contributed by atoms with Crippen molar-refractivity contribution in [3.63, 3.8) is 0 Å². The van der Waals surface area contributed by atoms with Crippen molar-refractivity contribution >= 4 is 28.3 Å². The largest absolute Gasteiger partial charge is 0.345 e. The third-order valence-corrected chi connectivity index (χ3v) is 6.18. The Kier molecular flexibility index (Phi) is 4.08. The molecule has 3 N–H and O–H groups in total. The highest BCUT2D eigenvalue weighted by atomic mass is 32.1. The third-order valence-electron chi connectivity index (χ3n) is 5.29. The second-order valence-corrected chi connectivity index (χ2v) is 8.24. The van der Waals surface area contributed by atoms with Crippen LogP contribution in [0, 0.1) is 12.8 Å². The molecule has 1 unspecified atom stereocenters. The molecule has 1 atom stereocenters. The lowest BCUT2D eigenvalue weighted by Gasteiger charge is -2.29. The first-order valence-corrected chi connectivity index (χ1v) is 9.71. The molecule has 3 heterocycles. The predicted octanol–water partition coefficient (Wildman–Crippen LogP) is 2.86. The van der Waals surface area contributed by atoms with Gasteiger partial charge in [0, 0.05) is 13.6 Å². The zero-order valence-electron chi connectivity index (χ0n) is 15.2. The number of amides is 1. The van der Waals surface area contributed by atoms with E-state index in [4.69, 9.17) is 10.7 Å². The maximum atomic E-state index is 13.2. The van der Waals surface area contributed by atoms with Crippen molar-refractivity contribution in [1.29, 1.82) is 0 Å². The number of rotatable bonds is 5. The van der Waals surface area contributed by atoms with Gasteiger partial charge >= 0.3 is 0 Å². The van der Waals surface area contributed by atoms with Gasteiger partial charge in [-0.3, -0.25) is 9.48 Å². The lowest BCUT2D eigenvalue weighted by molar-refractivity contribution is 0.0899. The zero-order chi connectivity index (χ0) is 18.5.